The molecule has 0 bridgehead atoms. The van der Waals surface area contributed by atoms with Crippen LogP contribution in [0.3, 0.4) is 0 Å². The first-order valence-corrected chi connectivity index (χ1v) is 4.85. The second kappa shape index (κ2) is 5.78. The van der Waals surface area contributed by atoms with Gasteiger partial charge in [0, 0.05) is 11.6 Å². The molecule has 0 heterocycles. The van der Waals surface area contributed by atoms with E-state index in [0.29, 0.717) is 5.56 Å². The number of nitrogens with zero attached hydrogens (tertiary/aromatic N) is 2. The van der Waals surface area contributed by atoms with Gasteiger partial charge in [0.2, 0.25) is 0 Å². The molecule has 98 valence electrons. The van der Waals surface area contributed by atoms with Crippen LogP contribution in [0.2, 0.25) is 0 Å². The molecule has 19 heavy (non-hydrogen) atoms. The average molecular weight is 268 g/mol. The topological polar surface area (TPSA) is 66.0 Å². The molecular formula is C12H7F3N2O2. The summed E-state index contributed by atoms with van der Waals surface area (Å²) in [6.07, 6.45) is -3.59. The fourth-order valence-electron chi connectivity index (χ4n) is 1.25. The van der Waals surface area contributed by atoms with Gasteiger partial charge in [-0.15, -0.1) is 13.2 Å². The van der Waals surface area contributed by atoms with E-state index in [1.807, 2.05) is 0 Å². The minimum Gasteiger partial charge on any atom is -0.496 e. The van der Waals surface area contributed by atoms with Gasteiger partial charge in [-0.1, -0.05) is 0 Å². The van der Waals surface area contributed by atoms with E-state index in [1.54, 1.807) is 12.1 Å². The van der Waals surface area contributed by atoms with E-state index in [9.17, 15) is 13.2 Å². The molecular weight excluding hydrogens is 261 g/mol. The zero-order valence-corrected chi connectivity index (χ0v) is 9.65. The molecule has 0 unspecified atom stereocenters. The van der Waals surface area contributed by atoms with Crippen LogP contribution >= 0.6 is 0 Å². The summed E-state index contributed by atoms with van der Waals surface area (Å²) in [6, 6.07) is 6.62. The van der Waals surface area contributed by atoms with Crippen molar-refractivity contribution >= 4 is 6.08 Å². The van der Waals surface area contributed by atoms with Crippen molar-refractivity contribution in [3.63, 3.8) is 0 Å². The van der Waals surface area contributed by atoms with E-state index in [0.717, 1.165) is 12.1 Å². The largest absolute Gasteiger partial charge is 0.573 e. The Morgan fingerprint density at radius 2 is 1.89 bits per heavy atom. The van der Waals surface area contributed by atoms with E-state index < -0.39 is 12.1 Å². The molecule has 0 fully saturated rings. The number of halogens is 3. The summed E-state index contributed by atoms with van der Waals surface area (Å²) < 4.78 is 44.7. The first-order chi connectivity index (χ1) is 8.89. The molecule has 0 aliphatic heterocycles. The van der Waals surface area contributed by atoms with Gasteiger partial charge in [-0.25, -0.2) is 0 Å². The third-order valence-corrected chi connectivity index (χ3v) is 1.98. The summed E-state index contributed by atoms with van der Waals surface area (Å²) in [7, 11) is 1.25. The Kier molecular flexibility index (Phi) is 4.38. The fraction of sp³-hybridized carbons (Fsp3) is 0.167. The molecule has 1 rings (SSSR count). The predicted molar refractivity (Wildman–Crippen MR) is 58.9 cm³/mol. The highest BCUT2D eigenvalue weighted by molar-refractivity contribution is 5.67. The van der Waals surface area contributed by atoms with Crippen molar-refractivity contribution < 1.29 is 22.6 Å². The highest BCUT2D eigenvalue weighted by Gasteiger charge is 2.31. The second-order valence-corrected chi connectivity index (χ2v) is 3.23. The lowest BCUT2D eigenvalue weighted by Gasteiger charge is -2.11. The maximum Gasteiger partial charge on any atom is 0.573 e. The van der Waals surface area contributed by atoms with Crippen LogP contribution in [0.1, 0.15) is 5.56 Å². The van der Waals surface area contributed by atoms with Crippen LogP contribution in [0.4, 0.5) is 13.2 Å². The van der Waals surface area contributed by atoms with Gasteiger partial charge in [-0.2, -0.15) is 10.5 Å². The molecule has 0 aliphatic rings. The summed E-state index contributed by atoms with van der Waals surface area (Å²) in [5.41, 5.74) is 0.109. The molecule has 1 aromatic carbocycles. The summed E-state index contributed by atoms with van der Waals surface area (Å²) in [5.74, 6) is -0.387. The zero-order valence-electron chi connectivity index (χ0n) is 9.65. The summed E-state index contributed by atoms with van der Waals surface area (Å²) in [4.78, 5) is 0. The van der Waals surface area contributed by atoms with Gasteiger partial charge in [0.15, 0.2) is 0 Å². The van der Waals surface area contributed by atoms with Crippen molar-refractivity contribution in [2.75, 3.05) is 7.11 Å². The normalized spacial score (nSPS) is 10.0. The Bertz CT molecular complexity index is 564. The number of alkyl halides is 3. The molecule has 0 amide bonds. The van der Waals surface area contributed by atoms with E-state index in [4.69, 9.17) is 15.3 Å². The van der Waals surface area contributed by atoms with Gasteiger partial charge < -0.3 is 9.47 Å². The third-order valence-electron chi connectivity index (χ3n) is 1.98. The molecule has 0 saturated carbocycles. The van der Waals surface area contributed by atoms with Crippen molar-refractivity contribution in [2.45, 2.75) is 6.36 Å². The van der Waals surface area contributed by atoms with Gasteiger partial charge in [-0.3, -0.25) is 0 Å². The second-order valence-electron chi connectivity index (χ2n) is 3.23. The SMILES string of the molecule is COc1cc(OC(F)(F)F)ccc1C=C(C#N)C#N. The zero-order chi connectivity index (χ0) is 14.5. The lowest BCUT2D eigenvalue weighted by Crippen LogP contribution is -2.17. The van der Waals surface area contributed by atoms with Gasteiger partial charge in [-0.05, 0) is 18.2 Å². The molecule has 0 aliphatic carbocycles. The molecule has 0 saturated heterocycles. The van der Waals surface area contributed by atoms with Crippen LogP contribution < -0.4 is 9.47 Å². The first-order valence-electron chi connectivity index (χ1n) is 4.85. The highest BCUT2D eigenvalue weighted by atomic mass is 19.4. The van der Waals surface area contributed by atoms with Crippen LogP contribution in [0.25, 0.3) is 6.08 Å². The number of ether oxygens (including phenoxy) is 2. The fourth-order valence-corrected chi connectivity index (χ4v) is 1.25. The van der Waals surface area contributed by atoms with Crippen molar-refractivity contribution in [1.82, 2.24) is 0 Å². The lowest BCUT2D eigenvalue weighted by molar-refractivity contribution is -0.274. The van der Waals surface area contributed by atoms with E-state index in [1.165, 1.54) is 19.3 Å². The number of hydrogen-bond donors (Lipinski definition) is 0. The average Bonchev–Trinajstić information content (AvgIpc) is 2.35. The van der Waals surface area contributed by atoms with E-state index in [2.05, 4.69) is 4.74 Å². The van der Waals surface area contributed by atoms with Crippen LogP contribution in [0.5, 0.6) is 11.5 Å². The standard InChI is InChI=1S/C12H7F3N2O2/c1-18-11-5-10(19-12(13,14)15)3-2-9(11)4-8(6-16)7-17/h2-5H,1H3. The van der Waals surface area contributed by atoms with Crippen molar-refractivity contribution in [2.24, 2.45) is 0 Å². The molecule has 7 heteroatoms. The number of rotatable bonds is 3. The van der Waals surface area contributed by atoms with Crippen LogP contribution in [0.15, 0.2) is 23.8 Å². The maximum atomic E-state index is 12.0. The maximum absolute atomic E-state index is 12.0. The number of hydrogen-bond acceptors (Lipinski definition) is 4. The highest BCUT2D eigenvalue weighted by Crippen LogP contribution is 2.30. The molecule has 0 radical (unpaired) electrons. The first kappa shape index (κ1) is 14.4. The Labute approximate surface area is 106 Å². The molecule has 0 N–H and O–H groups in total. The molecule has 4 nitrogen and oxygen atoms in total. The molecule has 0 aromatic heterocycles. The van der Waals surface area contributed by atoms with Crippen molar-refractivity contribution in [1.29, 1.82) is 10.5 Å². The summed E-state index contributed by atoms with van der Waals surface area (Å²) in [5, 5.41) is 17.2. The number of benzene rings is 1. The molecule has 0 atom stereocenters. The Morgan fingerprint density at radius 1 is 1.26 bits per heavy atom. The lowest BCUT2D eigenvalue weighted by atomic mass is 10.1. The van der Waals surface area contributed by atoms with E-state index in [-0.39, 0.29) is 11.3 Å². The molecule has 0 spiro atoms. The minimum absolute atomic E-state index is 0.0600. The van der Waals surface area contributed by atoms with Gasteiger partial charge in [0.1, 0.15) is 29.2 Å². The van der Waals surface area contributed by atoms with Crippen LogP contribution in [-0.2, 0) is 0 Å². The predicted octanol–water partition coefficient (Wildman–Crippen LogP) is 3.02. The van der Waals surface area contributed by atoms with Gasteiger partial charge >= 0.3 is 6.36 Å². The Hall–Kier alpha value is -2.67. The van der Waals surface area contributed by atoms with Crippen LogP contribution in [0, 0.1) is 22.7 Å². The smallest absolute Gasteiger partial charge is 0.496 e. The van der Waals surface area contributed by atoms with Crippen molar-refractivity contribution in [3.05, 3.63) is 29.3 Å². The Morgan fingerprint density at radius 3 is 2.37 bits per heavy atom. The minimum atomic E-state index is -4.80. The number of allylic oxidation sites excluding steroid dienone is 1. The Balaban J connectivity index is 3.15. The number of nitriles is 2. The third kappa shape index (κ3) is 4.25. The monoisotopic (exact) mass is 268 g/mol. The number of methoxy groups -OCH3 is 1. The molecule has 1 aromatic rings. The van der Waals surface area contributed by atoms with Crippen LogP contribution in [-0.4, -0.2) is 13.5 Å². The quantitative estimate of drug-likeness (QED) is 0.790. The van der Waals surface area contributed by atoms with Crippen molar-refractivity contribution in [3.8, 4) is 23.6 Å². The summed E-state index contributed by atoms with van der Waals surface area (Å²) >= 11 is 0. The van der Waals surface area contributed by atoms with Gasteiger partial charge in [0.05, 0.1) is 7.11 Å². The summed E-state index contributed by atoms with van der Waals surface area (Å²) in [6.45, 7) is 0. The van der Waals surface area contributed by atoms with Gasteiger partial charge in [0.25, 0.3) is 0 Å². The van der Waals surface area contributed by atoms with E-state index >= 15 is 0 Å².